The van der Waals surface area contributed by atoms with Gasteiger partial charge in [-0.3, -0.25) is 4.68 Å². The third kappa shape index (κ3) is 3.33. The summed E-state index contributed by atoms with van der Waals surface area (Å²) in [6.07, 6.45) is 3.28. The Morgan fingerprint density at radius 2 is 2.35 bits per heavy atom. The highest BCUT2D eigenvalue weighted by Crippen LogP contribution is 2.21. The number of halogens is 1. The van der Waals surface area contributed by atoms with Gasteiger partial charge in [-0.2, -0.15) is 5.10 Å². The number of nitrogens with one attached hydrogen (secondary N) is 1. The molecule has 0 unspecified atom stereocenters. The van der Waals surface area contributed by atoms with Gasteiger partial charge in [0.2, 0.25) is 0 Å². The van der Waals surface area contributed by atoms with E-state index in [4.69, 9.17) is 9.84 Å². The van der Waals surface area contributed by atoms with Gasteiger partial charge in [0.25, 0.3) is 0 Å². The molecule has 0 saturated heterocycles. The Morgan fingerprint density at radius 3 is 3.05 bits per heavy atom. The highest BCUT2D eigenvalue weighted by Gasteiger charge is 2.12. The van der Waals surface area contributed by atoms with Crippen LogP contribution in [0.25, 0.3) is 0 Å². The monoisotopic (exact) mass is 279 g/mol. The maximum absolute atomic E-state index is 13.1. The first-order chi connectivity index (χ1) is 9.60. The first-order valence-corrected chi connectivity index (χ1v) is 5.91. The molecule has 1 aromatic carbocycles. The molecule has 6 nitrogen and oxygen atoms in total. The summed E-state index contributed by atoms with van der Waals surface area (Å²) >= 11 is 0. The molecule has 0 aliphatic heterocycles. The van der Waals surface area contributed by atoms with Crippen molar-refractivity contribution in [3.63, 3.8) is 0 Å². The zero-order chi connectivity index (χ0) is 14.5. The van der Waals surface area contributed by atoms with Gasteiger partial charge >= 0.3 is 5.97 Å². The third-order valence-corrected chi connectivity index (χ3v) is 2.65. The molecule has 2 aromatic rings. The molecule has 0 radical (unpaired) electrons. The van der Waals surface area contributed by atoms with Gasteiger partial charge in [0.1, 0.15) is 5.82 Å². The summed E-state index contributed by atoms with van der Waals surface area (Å²) in [4.78, 5) is 11.1. The van der Waals surface area contributed by atoms with Crippen molar-refractivity contribution >= 4 is 17.3 Å². The van der Waals surface area contributed by atoms with Gasteiger partial charge in [0.15, 0.2) is 0 Å². The van der Waals surface area contributed by atoms with Crippen molar-refractivity contribution in [2.24, 2.45) is 0 Å². The lowest BCUT2D eigenvalue weighted by atomic mass is 10.1. The molecule has 0 aliphatic carbocycles. The number of rotatable bonds is 6. The van der Waals surface area contributed by atoms with E-state index >= 15 is 0 Å². The van der Waals surface area contributed by atoms with Crippen molar-refractivity contribution in [1.82, 2.24) is 9.78 Å². The Bertz CT molecular complexity index is 613. The molecule has 7 heteroatoms. The van der Waals surface area contributed by atoms with E-state index in [0.29, 0.717) is 24.5 Å². The van der Waals surface area contributed by atoms with Crippen LogP contribution in [-0.2, 0) is 11.3 Å². The number of carboxylic acid groups (broad SMARTS) is 1. The number of hydrogen-bond donors (Lipinski definition) is 2. The number of carboxylic acids is 1. The molecule has 0 aliphatic rings. The summed E-state index contributed by atoms with van der Waals surface area (Å²) in [5.41, 5.74) is 0.801. The standard InChI is InChI=1S/C13H14FN3O3/c1-20-5-4-17-8-10(7-15-17)16-12-3-2-9(14)6-11(12)13(18)19/h2-3,6-8,16H,4-5H2,1H3,(H,18,19). The maximum atomic E-state index is 13.1. The van der Waals surface area contributed by atoms with Crippen LogP contribution in [0.4, 0.5) is 15.8 Å². The Balaban J connectivity index is 2.17. The summed E-state index contributed by atoms with van der Waals surface area (Å²) in [7, 11) is 1.60. The Hall–Kier alpha value is -2.41. The van der Waals surface area contributed by atoms with E-state index in [9.17, 15) is 9.18 Å². The Labute approximate surface area is 114 Å². The fraction of sp³-hybridized carbons (Fsp3) is 0.231. The van der Waals surface area contributed by atoms with E-state index in [0.717, 1.165) is 6.07 Å². The van der Waals surface area contributed by atoms with Crippen molar-refractivity contribution in [2.75, 3.05) is 19.0 Å². The molecule has 0 atom stereocenters. The number of benzene rings is 1. The van der Waals surface area contributed by atoms with Crippen LogP contribution in [0.3, 0.4) is 0 Å². The second-order valence-corrected chi connectivity index (χ2v) is 4.10. The Kier molecular flexibility index (Phi) is 4.31. The minimum absolute atomic E-state index is 0.130. The van der Waals surface area contributed by atoms with E-state index in [-0.39, 0.29) is 5.56 Å². The lowest BCUT2D eigenvalue weighted by molar-refractivity contribution is 0.0697. The smallest absolute Gasteiger partial charge is 0.337 e. The van der Waals surface area contributed by atoms with Crippen LogP contribution in [0.1, 0.15) is 10.4 Å². The molecule has 20 heavy (non-hydrogen) atoms. The summed E-state index contributed by atoms with van der Waals surface area (Å²) in [5, 5.41) is 16.0. The lowest BCUT2D eigenvalue weighted by Crippen LogP contribution is -2.04. The van der Waals surface area contributed by atoms with Crippen LogP contribution < -0.4 is 5.32 Å². The molecule has 106 valence electrons. The summed E-state index contributed by atoms with van der Waals surface area (Å²) < 4.78 is 19.7. The SMILES string of the molecule is COCCn1cc(Nc2ccc(F)cc2C(=O)O)cn1. The predicted molar refractivity (Wildman–Crippen MR) is 70.7 cm³/mol. The fourth-order valence-electron chi connectivity index (χ4n) is 1.69. The van der Waals surface area contributed by atoms with Gasteiger partial charge < -0.3 is 15.2 Å². The van der Waals surface area contributed by atoms with Crippen molar-refractivity contribution in [2.45, 2.75) is 6.54 Å². The summed E-state index contributed by atoms with van der Waals surface area (Å²) in [6, 6.07) is 3.55. The predicted octanol–water partition coefficient (Wildman–Crippen LogP) is 2.11. The van der Waals surface area contributed by atoms with Crippen LogP contribution in [-0.4, -0.2) is 34.6 Å². The first kappa shape index (κ1) is 14.0. The molecule has 0 fully saturated rings. The van der Waals surface area contributed by atoms with Crippen molar-refractivity contribution in [3.8, 4) is 0 Å². The average molecular weight is 279 g/mol. The van der Waals surface area contributed by atoms with E-state index in [1.165, 1.54) is 12.1 Å². The Morgan fingerprint density at radius 1 is 1.55 bits per heavy atom. The van der Waals surface area contributed by atoms with E-state index in [2.05, 4.69) is 10.4 Å². The van der Waals surface area contributed by atoms with Crippen molar-refractivity contribution in [1.29, 1.82) is 0 Å². The number of hydrogen-bond acceptors (Lipinski definition) is 4. The number of anilines is 2. The van der Waals surface area contributed by atoms with Crippen LogP contribution in [0.5, 0.6) is 0 Å². The molecule has 2 N–H and O–H groups in total. The molecular weight excluding hydrogens is 265 g/mol. The highest BCUT2D eigenvalue weighted by atomic mass is 19.1. The van der Waals surface area contributed by atoms with Gasteiger partial charge in [-0.1, -0.05) is 0 Å². The fourth-order valence-corrected chi connectivity index (χ4v) is 1.69. The van der Waals surface area contributed by atoms with Gasteiger partial charge in [-0.25, -0.2) is 9.18 Å². The zero-order valence-corrected chi connectivity index (χ0v) is 10.8. The minimum atomic E-state index is -1.20. The minimum Gasteiger partial charge on any atom is -0.478 e. The quantitative estimate of drug-likeness (QED) is 0.847. The highest BCUT2D eigenvalue weighted by molar-refractivity contribution is 5.95. The van der Waals surface area contributed by atoms with Crippen LogP contribution in [0.15, 0.2) is 30.6 Å². The van der Waals surface area contributed by atoms with E-state index in [1.54, 1.807) is 24.2 Å². The topological polar surface area (TPSA) is 76.4 Å². The first-order valence-electron chi connectivity index (χ1n) is 5.91. The van der Waals surface area contributed by atoms with Gasteiger partial charge in [0, 0.05) is 13.3 Å². The number of aromatic nitrogens is 2. The van der Waals surface area contributed by atoms with Gasteiger partial charge in [-0.05, 0) is 18.2 Å². The molecule has 0 amide bonds. The van der Waals surface area contributed by atoms with Crippen molar-refractivity contribution in [3.05, 3.63) is 42.0 Å². The second kappa shape index (κ2) is 6.16. The largest absolute Gasteiger partial charge is 0.478 e. The van der Waals surface area contributed by atoms with E-state index < -0.39 is 11.8 Å². The number of nitrogens with zero attached hydrogens (tertiary/aromatic N) is 2. The van der Waals surface area contributed by atoms with Gasteiger partial charge in [0.05, 0.1) is 36.3 Å². The van der Waals surface area contributed by atoms with E-state index in [1.807, 2.05) is 0 Å². The molecule has 0 saturated carbocycles. The number of aromatic carboxylic acids is 1. The zero-order valence-electron chi connectivity index (χ0n) is 10.8. The van der Waals surface area contributed by atoms with Gasteiger partial charge in [-0.15, -0.1) is 0 Å². The number of ether oxygens (including phenoxy) is 1. The number of carbonyl (C=O) groups is 1. The average Bonchev–Trinajstić information content (AvgIpc) is 2.86. The molecule has 1 aromatic heterocycles. The molecule has 2 rings (SSSR count). The number of methoxy groups -OCH3 is 1. The second-order valence-electron chi connectivity index (χ2n) is 4.10. The van der Waals surface area contributed by atoms with Crippen LogP contribution in [0.2, 0.25) is 0 Å². The third-order valence-electron chi connectivity index (χ3n) is 2.65. The molecule has 0 spiro atoms. The summed E-state index contributed by atoms with van der Waals surface area (Å²) in [6.45, 7) is 1.12. The molecule has 1 heterocycles. The molecule has 0 bridgehead atoms. The molecular formula is C13H14FN3O3. The summed E-state index contributed by atoms with van der Waals surface area (Å²) in [5.74, 6) is -1.79. The van der Waals surface area contributed by atoms with Crippen molar-refractivity contribution < 1.29 is 19.0 Å². The lowest BCUT2D eigenvalue weighted by Gasteiger charge is -2.07. The normalized spacial score (nSPS) is 10.5. The maximum Gasteiger partial charge on any atom is 0.337 e. The van der Waals surface area contributed by atoms with Crippen LogP contribution >= 0.6 is 0 Å². The van der Waals surface area contributed by atoms with Crippen LogP contribution in [0, 0.1) is 5.82 Å².